The molecule has 5 nitrogen and oxygen atoms in total. The third-order valence-corrected chi connectivity index (χ3v) is 5.48. The summed E-state index contributed by atoms with van der Waals surface area (Å²) in [4.78, 5) is 14.7. The highest BCUT2D eigenvalue weighted by molar-refractivity contribution is 9.10. The predicted octanol–water partition coefficient (Wildman–Crippen LogP) is 3.67. The van der Waals surface area contributed by atoms with Gasteiger partial charge in [-0.3, -0.25) is 4.90 Å². The number of hydrogen-bond acceptors (Lipinski definition) is 3. The van der Waals surface area contributed by atoms with E-state index in [1.54, 1.807) is 7.11 Å². The maximum absolute atomic E-state index is 12.4. The predicted molar refractivity (Wildman–Crippen MR) is 105 cm³/mol. The molecule has 0 saturated heterocycles. The molecule has 0 aromatic heterocycles. The van der Waals surface area contributed by atoms with Crippen molar-refractivity contribution >= 4 is 27.7 Å². The molecule has 2 amide bonds. The minimum Gasteiger partial charge on any atom is -0.496 e. The number of carbonyl (C=O) groups is 1. The van der Waals surface area contributed by atoms with Crippen molar-refractivity contribution in [2.45, 2.75) is 12.6 Å². The normalized spacial score (nSPS) is 19.8. The molecule has 2 aliphatic rings. The van der Waals surface area contributed by atoms with Gasteiger partial charge in [-0.2, -0.15) is 0 Å². The van der Waals surface area contributed by atoms with E-state index < -0.39 is 0 Å². The molecule has 2 N–H and O–H groups in total. The second kappa shape index (κ2) is 6.78. The van der Waals surface area contributed by atoms with Crippen LogP contribution in [0.15, 0.2) is 52.5 Å². The minimum absolute atomic E-state index is 0.181. The van der Waals surface area contributed by atoms with Crippen LogP contribution in [-0.4, -0.2) is 31.6 Å². The topological polar surface area (TPSA) is 53.6 Å². The molecule has 0 fully saturated rings. The van der Waals surface area contributed by atoms with Crippen molar-refractivity contribution in [3.8, 4) is 5.75 Å². The summed E-state index contributed by atoms with van der Waals surface area (Å²) in [6.45, 7) is 1.61. The van der Waals surface area contributed by atoms with Crippen molar-refractivity contribution in [1.82, 2.24) is 15.5 Å². The first-order chi connectivity index (χ1) is 12.6. The fourth-order valence-corrected chi connectivity index (χ4v) is 4.25. The molecule has 134 valence electrons. The number of halogens is 1. The van der Waals surface area contributed by atoms with Gasteiger partial charge in [0.1, 0.15) is 5.75 Å². The summed E-state index contributed by atoms with van der Waals surface area (Å²) >= 11 is 3.55. The lowest BCUT2D eigenvalue weighted by Crippen LogP contribution is -2.44. The number of nitrogens with zero attached hydrogens (tertiary/aromatic N) is 1. The molecule has 2 aliphatic heterocycles. The molecule has 6 heteroatoms. The molecule has 0 radical (unpaired) electrons. The van der Waals surface area contributed by atoms with Crippen LogP contribution in [0.1, 0.15) is 22.7 Å². The van der Waals surface area contributed by atoms with Gasteiger partial charge in [0.15, 0.2) is 0 Å². The van der Waals surface area contributed by atoms with Gasteiger partial charge >= 0.3 is 6.03 Å². The fourth-order valence-electron chi connectivity index (χ4n) is 3.69. The highest BCUT2D eigenvalue weighted by Crippen LogP contribution is 2.37. The van der Waals surface area contributed by atoms with Gasteiger partial charge in [0, 0.05) is 18.7 Å². The molecule has 0 aliphatic carbocycles. The third kappa shape index (κ3) is 2.99. The highest BCUT2D eigenvalue weighted by Gasteiger charge is 2.32. The zero-order chi connectivity index (χ0) is 18.3. The molecular weight excluding hydrogens is 394 g/mol. The Bertz CT molecular complexity index is 910. The van der Waals surface area contributed by atoms with Crippen molar-refractivity contribution in [2.75, 3.05) is 20.7 Å². The van der Waals surface area contributed by atoms with Crippen molar-refractivity contribution in [1.29, 1.82) is 0 Å². The second-order valence-corrected chi connectivity index (χ2v) is 7.51. The zero-order valence-corrected chi connectivity index (χ0v) is 16.3. The number of urea groups is 1. The number of ether oxygens (including phenoxy) is 1. The second-order valence-electron chi connectivity index (χ2n) is 6.66. The first-order valence-corrected chi connectivity index (χ1v) is 9.27. The van der Waals surface area contributed by atoms with E-state index in [-0.39, 0.29) is 12.1 Å². The fraction of sp³-hybridized carbons (Fsp3) is 0.250. The van der Waals surface area contributed by atoms with Crippen LogP contribution in [-0.2, 0) is 6.54 Å². The van der Waals surface area contributed by atoms with E-state index in [0.29, 0.717) is 0 Å². The molecule has 2 aromatic carbocycles. The number of fused-ring (bicyclic) bond motifs is 2. The maximum Gasteiger partial charge on any atom is 0.320 e. The Balaban J connectivity index is 1.86. The third-order valence-electron chi connectivity index (χ3n) is 4.86. The summed E-state index contributed by atoms with van der Waals surface area (Å²) in [6.07, 6.45) is 0. The molecule has 0 saturated carbocycles. The van der Waals surface area contributed by atoms with Gasteiger partial charge in [-0.1, -0.05) is 30.3 Å². The maximum atomic E-state index is 12.4. The lowest BCUT2D eigenvalue weighted by molar-refractivity contribution is 0.239. The molecule has 0 bridgehead atoms. The summed E-state index contributed by atoms with van der Waals surface area (Å²) in [5.41, 5.74) is 5.42. The monoisotopic (exact) mass is 413 g/mol. The lowest BCUT2D eigenvalue weighted by atomic mass is 9.92. The van der Waals surface area contributed by atoms with E-state index in [2.05, 4.69) is 50.6 Å². The average molecular weight is 414 g/mol. The Labute approximate surface area is 161 Å². The van der Waals surface area contributed by atoms with E-state index in [1.165, 1.54) is 5.56 Å². The van der Waals surface area contributed by atoms with E-state index in [1.807, 2.05) is 30.3 Å². The first kappa shape index (κ1) is 17.1. The number of nitrogens with one attached hydrogen (secondary N) is 2. The molecule has 4 rings (SSSR count). The van der Waals surface area contributed by atoms with Crippen molar-refractivity contribution in [2.24, 2.45) is 0 Å². The number of benzene rings is 2. The summed E-state index contributed by atoms with van der Waals surface area (Å²) in [6, 6.07) is 13.8. The van der Waals surface area contributed by atoms with Crippen LogP contribution in [0.5, 0.6) is 5.75 Å². The number of rotatable bonds is 2. The quantitative estimate of drug-likeness (QED) is 0.789. The molecule has 0 spiro atoms. The van der Waals surface area contributed by atoms with Crippen LogP contribution >= 0.6 is 15.9 Å². The van der Waals surface area contributed by atoms with Gasteiger partial charge in [-0.25, -0.2) is 4.79 Å². The molecule has 1 atom stereocenters. The van der Waals surface area contributed by atoms with Gasteiger partial charge in [-0.15, -0.1) is 0 Å². The summed E-state index contributed by atoms with van der Waals surface area (Å²) in [5, 5.41) is 6.12. The van der Waals surface area contributed by atoms with Crippen molar-refractivity contribution in [3.63, 3.8) is 0 Å². The first-order valence-electron chi connectivity index (χ1n) is 8.47. The standard InChI is InChI=1S/C20H20BrN3O2/c1-24-10-13-5-3-4-6-14(13)19-15(11-24)18(22-20(25)23-19)12-7-8-17(26-2)16(21)9-12/h3-9,18H,10-11H2,1-2H3,(H2,22,23,25). The summed E-state index contributed by atoms with van der Waals surface area (Å²) in [5.74, 6) is 0.770. The smallest absolute Gasteiger partial charge is 0.320 e. The van der Waals surface area contributed by atoms with Crippen LogP contribution in [0, 0.1) is 0 Å². The van der Waals surface area contributed by atoms with Crippen LogP contribution in [0.25, 0.3) is 5.70 Å². The Kier molecular flexibility index (Phi) is 4.46. The number of hydrogen-bond donors (Lipinski definition) is 2. The Morgan fingerprint density at radius 2 is 2.00 bits per heavy atom. The summed E-state index contributed by atoms with van der Waals surface area (Å²) < 4.78 is 6.20. The van der Waals surface area contributed by atoms with Crippen molar-refractivity contribution < 1.29 is 9.53 Å². The highest BCUT2D eigenvalue weighted by atomic mass is 79.9. The van der Waals surface area contributed by atoms with Gasteiger partial charge in [0.05, 0.1) is 23.3 Å². The Hall–Kier alpha value is -2.31. The van der Waals surface area contributed by atoms with Crippen molar-refractivity contribution in [3.05, 3.63) is 69.2 Å². The lowest BCUT2D eigenvalue weighted by Gasteiger charge is -2.31. The molecule has 26 heavy (non-hydrogen) atoms. The van der Waals surface area contributed by atoms with Gasteiger partial charge < -0.3 is 15.4 Å². The van der Waals surface area contributed by atoms with Crippen LogP contribution < -0.4 is 15.4 Å². The number of amides is 2. The molecular formula is C20H20BrN3O2. The van der Waals surface area contributed by atoms with Gasteiger partial charge in [-0.05, 0) is 51.8 Å². The number of likely N-dealkylation sites (N-methyl/N-ethyl adjacent to an activating group) is 1. The minimum atomic E-state index is -0.186. The van der Waals surface area contributed by atoms with Gasteiger partial charge in [0.2, 0.25) is 0 Å². The van der Waals surface area contributed by atoms with Crippen LogP contribution in [0.4, 0.5) is 4.79 Å². The molecule has 1 unspecified atom stereocenters. The van der Waals surface area contributed by atoms with Crippen LogP contribution in [0.3, 0.4) is 0 Å². The van der Waals surface area contributed by atoms with Gasteiger partial charge in [0.25, 0.3) is 0 Å². The average Bonchev–Trinajstić information content (AvgIpc) is 2.77. The van der Waals surface area contributed by atoms with E-state index in [9.17, 15) is 4.79 Å². The van der Waals surface area contributed by atoms with E-state index >= 15 is 0 Å². The number of methoxy groups -OCH3 is 1. The number of carbonyl (C=O) groups excluding carboxylic acids is 1. The largest absolute Gasteiger partial charge is 0.496 e. The molecule has 2 heterocycles. The zero-order valence-electron chi connectivity index (χ0n) is 14.7. The molecule has 2 aromatic rings. The SMILES string of the molecule is COc1ccc(C2NC(=O)NC3=C2CN(C)Cc2ccccc23)cc1Br. The van der Waals surface area contributed by atoms with E-state index in [4.69, 9.17) is 4.74 Å². The van der Waals surface area contributed by atoms with Crippen LogP contribution in [0.2, 0.25) is 0 Å². The Morgan fingerprint density at radius 1 is 1.19 bits per heavy atom. The summed E-state index contributed by atoms with van der Waals surface area (Å²) in [7, 11) is 3.74. The Morgan fingerprint density at radius 3 is 2.77 bits per heavy atom. The van der Waals surface area contributed by atoms with E-state index in [0.717, 1.165) is 45.7 Å².